The third-order valence-electron chi connectivity index (χ3n) is 5.38. The van der Waals surface area contributed by atoms with Crippen LogP contribution in [-0.4, -0.2) is 72.0 Å². The van der Waals surface area contributed by atoms with E-state index < -0.39 is 6.03 Å². The molecule has 2 aliphatic rings. The Bertz CT molecular complexity index is 954. The molecule has 1 aromatic carbocycles. The van der Waals surface area contributed by atoms with Crippen LogP contribution in [0.3, 0.4) is 0 Å². The molecule has 160 valence electrons. The molecule has 0 saturated carbocycles. The number of imide groups is 1. The van der Waals surface area contributed by atoms with Gasteiger partial charge < -0.3 is 19.3 Å². The van der Waals surface area contributed by atoms with Gasteiger partial charge in [-0.05, 0) is 18.2 Å². The summed E-state index contributed by atoms with van der Waals surface area (Å²) in [6.07, 6.45) is 2.04. The van der Waals surface area contributed by atoms with Gasteiger partial charge in [-0.3, -0.25) is 14.9 Å². The minimum Gasteiger partial charge on any atom is -0.497 e. The number of benzene rings is 1. The zero-order chi connectivity index (χ0) is 21.1. The van der Waals surface area contributed by atoms with E-state index in [9.17, 15) is 14.4 Å². The van der Waals surface area contributed by atoms with Crippen molar-refractivity contribution in [3.8, 4) is 10.9 Å². The fraction of sp³-hybridized carbons (Fsp3) is 0.500. The average Bonchev–Trinajstić information content (AvgIpc) is 3.14. The summed E-state index contributed by atoms with van der Waals surface area (Å²) in [6.45, 7) is 1.92. The van der Waals surface area contributed by atoms with E-state index in [1.54, 1.807) is 7.11 Å². The minimum atomic E-state index is -0.417. The van der Waals surface area contributed by atoms with Gasteiger partial charge in [0.05, 0.1) is 17.3 Å². The zero-order valence-corrected chi connectivity index (χ0v) is 17.6. The summed E-state index contributed by atoms with van der Waals surface area (Å²) >= 11 is 1.49. The molecule has 2 fully saturated rings. The maximum absolute atomic E-state index is 12.5. The molecule has 0 atom stereocenters. The fourth-order valence-corrected chi connectivity index (χ4v) is 4.54. The van der Waals surface area contributed by atoms with Crippen molar-refractivity contribution >= 4 is 39.4 Å². The monoisotopic (exact) mass is 432 g/mol. The molecule has 30 heavy (non-hydrogen) atoms. The van der Waals surface area contributed by atoms with E-state index in [2.05, 4.69) is 10.3 Å². The number of rotatable bonds is 6. The third kappa shape index (κ3) is 4.64. The molecular formula is C20H24N4O5S. The van der Waals surface area contributed by atoms with Crippen LogP contribution in [0.15, 0.2) is 18.2 Å². The Morgan fingerprint density at radius 2 is 2.07 bits per heavy atom. The van der Waals surface area contributed by atoms with Gasteiger partial charge >= 0.3 is 6.03 Å². The minimum absolute atomic E-state index is 0.0187. The average molecular weight is 433 g/mol. The predicted octanol–water partition coefficient (Wildman–Crippen LogP) is 2.01. The standard InChI is InChI=1S/C20H24N4O5S/c1-28-14-2-3-15-16(12-14)30-20(21-15)29-13-4-8-23(9-5-13)18(26)7-11-24-10-6-17(25)22-19(24)27/h2-3,12-13H,4-11H2,1H3,(H,22,25,27). The van der Waals surface area contributed by atoms with Gasteiger partial charge in [-0.1, -0.05) is 11.3 Å². The van der Waals surface area contributed by atoms with Gasteiger partial charge in [0.15, 0.2) is 0 Å². The SMILES string of the molecule is COc1ccc2nc(OC3CCN(C(=O)CCN4CCC(=O)NC4=O)CC3)sc2c1. The van der Waals surface area contributed by atoms with Crippen LogP contribution in [0.25, 0.3) is 10.2 Å². The fourth-order valence-electron chi connectivity index (χ4n) is 3.63. The van der Waals surface area contributed by atoms with Crippen molar-refractivity contribution in [2.24, 2.45) is 0 Å². The number of amides is 4. The second kappa shape index (κ2) is 8.86. The van der Waals surface area contributed by atoms with E-state index in [0.29, 0.717) is 31.4 Å². The van der Waals surface area contributed by atoms with E-state index >= 15 is 0 Å². The van der Waals surface area contributed by atoms with E-state index in [1.807, 2.05) is 23.1 Å². The lowest BCUT2D eigenvalue weighted by molar-refractivity contribution is -0.133. The molecule has 0 radical (unpaired) electrons. The van der Waals surface area contributed by atoms with Crippen LogP contribution in [0.5, 0.6) is 10.9 Å². The van der Waals surface area contributed by atoms with E-state index in [-0.39, 0.29) is 30.8 Å². The maximum Gasteiger partial charge on any atom is 0.324 e. The first kappa shape index (κ1) is 20.4. The Hall–Kier alpha value is -2.88. The molecule has 0 unspecified atom stereocenters. The Balaban J connectivity index is 1.24. The number of thiazole rings is 1. The lowest BCUT2D eigenvalue weighted by atomic mass is 10.1. The summed E-state index contributed by atoms with van der Waals surface area (Å²) in [5.74, 6) is 0.542. The highest BCUT2D eigenvalue weighted by Crippen LogP contribution is 2.32. The van der Waals surface area contributed by atoms with Gasteiger partial charge in [0.25, 0.3) is 5.19 Å². The lowest BCUT2D eigenvalue weighted by Gasteiger charge is -2.32. The maximum atomic E-state index is 12.5. The number of methoxy groups -OCH3 is 1. The van der Waals surface area contributed by atoms with Crippen LogP contribution < -0.4 is 14.8 Å². The summed E-state index contributed by atoms with van der Waals surface area (Å²) in [4.78, 5) is 43.3. The summed E-state index contributed by atoms with van der Waals surface area (Å²) < 4.78 is 12.3. The van der Waals surface area contributed by atoms with Crippen LogP contribution >= 0.6 is 11.3 Å². The molecule has 2 aromatic rings. The number of carbonyl (C=O) groups excluding carboxylic acids is 3. The molecule has 4 rings (SSSR count). The van der Waals surface area contributed by atoms with Crippen LogP contribution in [0.2, 0.25) is 0 Å². The number of likely N-dealkylation sites (tertiary alicyclic amines) is 1. The number of nitrogens with zero attached hydrogens (tertiary/aromatic N) is 3. The third-order valence-corrected chi connectivity index (χ3v) is 6.29. The molecule has 4 amide bonds. The summed E-state index contributed by atoms with van der Waals surface area (Å²) in [5, 5.41) is 2.91. The van der Waals surface area contributed by atoms with Gasteiger partial charge in [-0.2, -0.15) is 0 Å². The van der Waals surface area contributed by atoms with Crippen molar-refractivity contribution in [3.05, 3.63) is 18.2 Å². The molecular weight excluding hydrogens is 408 g/mol. The molecule has 2 aliphatic heterocycles. The second-order valence-corrected chi connectivity index (χ2v) is 8.34. The smallest absolute Gasteiger partial charge is 0.324 e. The number of piperidine rings is 1. The number of urea groups is 1. The van der Waals surface area contributed by atoms with E-state index in [0.717, 1.165) is 28.8 Å². The second-order valence-electron chi connectivity index (χ2n) is 7.35. The zero-order valence-electron chi connectivity index (χ0n) is 16.8. The highest BCUT2D eigenvalue weighted by Gasteiger charge is 2.27. The van der Waals surface area contributed by atoms with Crippen molar-refractivity contribution in [2.75, 3.05) is 33.3 Å². The molecule has 0 aliphatic carbocycles. The van der Waals surface area contributed by atoms with Crippen LogP contribution in [0.4, 0.5) is 4.79 Å². The Morgan fingerprint density at radius 3 is 2.80 bits per heavy atom. The topological polar surface area (TPSA) is 101 Å². The first-order valence-corrected chi connectivity index (χ1v) is 10.8. The van der Waals surface area contributed by atoms with Crippen molar-refractivity contribution in [2.45, 2.75) is 31.8 Å². The summed E-state index contributed by atoms with van der Waals surface area (Å²) in [5.41, 5.74) is 0.881. The van der Waals surface area contributed by atoms with Crippen molar-refractivity contribution < 1.29 is 23.9 Å². The lowest BCUT2D eigenvalue weighted by Crippen LogP contribution is -2.50. The molecule has 9 nitrogen and oxygen atoms in total. The van der Waals surface area contributed by atoms with Gasteiger partial charge in [0.1, 0.15) is 11.9 Å². The number of nitrogens with one attached hydrogen (secondary N) is 1. The molecule has 0 spiro atoms. The molecule has 1 aromatic heterocycles. The quantitative estimate of drug-likeness (QED) is 0.749. The molecule has 3 heterocycles. The van der Waals surface area contributed by atoms with Crippen molar-refractivity contribution in [1.29, 1.82) is 0 Å². The normalized spacial score (nSPS) is 17.9. The number of aromatic nitrogens is 1. The van der Waals surface area contributed by atoms with Crippen LogP contribution in [0, 0.1) is 0 Å². The number of ether oxygens (including phenoxy) is 2. The first-order valence-electron chi connectivity index (χ1n) is 9.99. The van der Waals surface area contributed by atoms with Gasteiger partial charge in [0.2, 0.25) is 11.8 Å². The van der Waals surface area contributed by atoms with E-state index in [1.165, 1.54) is 16.2 Å². The van der Waals surface area contributed by atoms with Crippen LogP contribution in [-0.2, 0) is 9.59 Å². The van der Waals surface area contributed by atoms with Crippen molar-refractivity contribution in [3.63, 3.8) is 0 Å². The Morgan fingerprint density at radius 1 is 1.27 bits per heavy atom. The Labute approximate surface area is 177 Å². The van der Waals surface area contributed by atoms with Crippen molar-refractivity contribution in [1.82, 2.24) is 20.1 Å². The highest BCUT2D eigenvalue weighted by molar-refractivity contribution is 7.20. The number of hydrogen-bond donors (Lipinski definition) is 1. The summed E-state index contributed by atoms with van der Waals surface area (Å²) in [6, 6.07) is 5.32. The Kier molecular flexibility index (Phi) is 6.03. The molecule has 10 heteroatoms. The van der Waals surface area contributed by atoms with E-state index in [4.69, 9.17) is 9.47 Å². The summed E-state index contributed by atoms with van der Waals surface area (Å²) in [7, 11) is 1.64. The molecule has 0 bridgehead atoms. The highest BCUT2D eigenvalue weighted by atomic mass is 32.1. The number of hydrogen-bond acceptors (Lipinski definition) is 7. The largest absolute Gasteiger partial charge is 0.497 e. The number of fused-ring (bicyclic) bond motifs is 1. The molecule has 2 saturated heterocycles. The molecule has 1 N–H and O–H groups in total. The van der Waals surface area contributed by atoms with Crippen LogP contribution in [0.1, 0.15) is 25.7 Å². The number of carbonyl (C=O) groups is 3. The van der Waals surface area contributed by atoms with Gasteiger partial charge in [0, 0.05) is 51.9 Å². The van der Waals surface area contributed by atoms with Gasteiger partial charge in [-0.15, -0.1) is 0 Å². The van der Waals surface area contributed by atoms with Gasteiger partial charge in [-0.25, -0.2) is 9.78 Å². The predicted molar refractivity (Wildman–Crippen MR) is 111 cm³/mol. The first-order chi connectivity index (χ1) is 14.5.